The van der Waals surface area contributed by atoms with Gasteiger partial charge in [-0.15, -0.1) is 0 Å². The van der Waals surface area contributed by atoms with Crippen molar-refractivity contribution in [1.82, 2.24) is 19.9 Å². The Morgan fingerprint density at radius 1 is 1.03 bits per heavy atom. The fourth-order valence-electron chi connectivity index (χ4n) is 3.64. The van der Waals surface area contributed by atoms with Gasteiger partial charge in [-0.1, -0.05) is 39.0 Å². The maximum absolute atomic E-state index is 12.4. The summed E-state index contributed by atoms with van der Waals surface area (Å²) in [6.45, 7) is 5.91. The first-order valence-corrected chi connectivity index (χ1v) is 10.3. The van der Waals surface area contributed by atoms with Gasteiger partial charge in [0.25, 0.3) is 5.91 Å². The number of aryl methyl sites for hydroxylation is 2. The van der Waals surface area contributed by atoms with Crippen LogP contribution < -0.4 is 10.6 Å². The van der Waals surface area contributed by atoms with Crippen LogP contribution in [0.2, 0.25) is 0 Å². The van der Waals surface area contributed by atoms with Gasteiger partial charge in [0.15, 0.2) is 0 Å². The summed E-state index contributed by atoms with van der Waals surface area (Å²) in [4.78, 5) is 40.4. The summed E-state index contributed by atoms with van der Waals surface area (Å²) in [5, 5.41) is 5.71. The van der Waals surface area contributed by atoms with Crippen LogP contribution in [0.4, 0.5) is 11.9 Å². The molecular formula is C22H26N6O2. The second-order valence-electron chi connectivity index (χ2n) is 7.74. The molecule has 1 aliphatic carbocycles. The number of nitrogens with one attached hydrogen (secondary N) is 4. The van der Waals surface area contributed by atoms with Crippen molar-refractivity contribution in [3.05, 3.63) is 58.7 Å². The molecule has 1 unspecified atom stereocenters. The van der Waals surface area contributed by atoms with Gasteiger partial charge in [0, 0.05) is 28.8 Å². The highest BCUT2D eigenvalue weighted by Crippen LogP contribution is 2.33. The number of hydrogen-bond acceptors (Lipinski definition) is 4. The highest BCUT2D eigenvalue weighted by atomic mass is 16.2. The summed E-state index contributed by atoms with van der Waals surface area (Å²) in [7, 11) is 0. The number of rotatable bonds is 5. The molecule has 2 aromatic heterocycles. The lowest BCUT2D eigenvalue weighted by atomic mass is 10.0. The number of benzene rings is 1. The second-order valence-corrected chi connectivity index (χ2v) is 7.74. The Balaban J connectivity index is 1.53. The Kier molecular flexibility index (Phi) is 5.39. The van der Waals surface area contributed by atoms with E-state index in [0.29, 0.717) is 17.5 Å². The van der Waals surface area contributed by atoms with E-state index in [-0.39, 0.29) is 23.7 Å². The van der Waals surface area contributed by atoms with Crippen molar-refractivity contribution in [3.8, 4) is 0 Å². The number of hydrogen-bond donors (Lipinski definition) is 4. The minimum Gasteiger partial charge on any atom is -0.328 e. The molecule has 0 saturated carbocycles. The molecule has 2 amide bonds. The smallest absolute Gasteiger partial charge is 0.257 e. The zero-order valence-corrected chi connectivity index (χ0v) is 17.4. The first-order valence-electron chi connectivity index (χ1n) is 10.3. The lowest BCUT2D eigenvalue weighted by molar-refractivity contribution is -0.119. The van der Waals surface area contributed by atoms with E-state index in [9.17, 15) is 9.59 Å². The zero-order chi connectivity index (χ0) is 21.3. The predicted octanol–water partition coefficient (Wildman–Crippen LogP) is 3.62. The lowest BCUT2D eigenvalue weighted by Gasteiger charge is -2.08. The SMILES string of the molecule is CC[C@H](C)C(=O)Nc1nc2c([nH]1)CCc1[nH]c(NC(=O)c3ccccc3)nc1C2C. The van der Waals surface area contributed by atoms with Crippen LogP contribution in [0.15, 0.2) is 30.3 Å². The monoisotopic (exact) mass is 406 g/mol. The summed E-state index contributed by atoms with van der Waals surface area (Å²) in [6, 6.07) is 9.04. The molecule has 2 heterocycles. The molecular weight excluding hydrogens is 380 g/mol. The van der Waals surface area contributed by atoms with Crippen molar-refractivity contribution in [3.63, 3.8) is 0 Å². The Bertz CT molecular complexity index is 1070. The van der Waals surface area contributed by atoms with Gasteiger partial charge in [-0.05, 0) is 31.4 Å². The maximum Gasteiger partial charge on any atom is 0.257 e. The first kappa shape index (κ1) is 19.9. The van der Waals surface area contributed by atoms with Crippen molar-refractivity contribution in [2.45, 2.75) is 46.0 Å². The third kappa shape index (κ3) is 3.85. The number of imidazole rings is 2. The summed E-state index contributed by atoms with van der Waals surface area (Å²) < 4.78 is 0. The molecule has 0 bridgehead atoms. The average Bonchev–Trinajstić information content (AvgIpc) is 3.32. The summed E-state index contributed by atoms with van der Waals surface area (Å²) in [6.07, 6.45) is 2.26. The molecule has 8 heteroatoms. The van der Waals surface area contributed by atoms with E-state index in [0.717, 1.165) is 42.0 Å². The Morgan fingerprint density at radius 3 is 2.17 bits per heavy atom. The molecule has 1 aromatic carbocycles. The van der Waals surface area contributed by atoms with Crippen LogP contribution in [0, 0.1) is 5.92 Å². The van der Waals surface area contributed by atoms with Gasteiger partial charge in [-0.25, -0.2) is 9.97 Å². The molecule has 8 nitrogen and oxygen atoms in total. The van der Waals surface area contributed by atoms with E-state index < -0.39 is 0 Å². The maximum atomic E-state index is 12.4. The molecule has 156 valence electrons. The van der Waals surface area contributed by atoms with Crippen molar-refractivity contribution < 1.29 is 9.59 Å². The van der Waals surface area contributed by atoms with E-state index in [4.69, 9.17) is 0 Å². The minimum absolute atomic E-state index is 0.0413. The molecule has 2 atom stereocenters. The van der Waals surface area contributed by atoms with Crippen LogP contribution in [0.5, 0.6) is 0 Å². The minimum atomic E-state index is -0.206. The Labute approximate surface area is 174 Å². The number of fused-ring (bicyclic) bond motifs is 2. The van der Waals surface area contributed by atoms with Crippen molar-refractivity contribution in [2.24, 2.45) is 5.92 Å². The van der Waals surface area contributed by atoms with Gasteiger partial charge >= 0.3 is 0 Å². The fourth-order valence-corrected chi connectivity index (χ4v) is 3.64. The largest absolute Gasteiger partial charge is 0.328 e. The molecule has 4 N–H and O–H groups in total. The van der Waals surface area contributed by atoms with E-state index in [1.807, 2.05) is 39.0 Å². The normalized spacial score (nSPS) is 16.2. The molecule has 0 radical (unpaired) electrons. The fraction of sp³-hybridized carbons (Fsp3) is 0.364. The first-order chi connectivity index (χ1) is 14.5. The molecule has 0 aliphatic heterocycles. The molecule has 3 aromatic rings. The van der Waals surface area contributed by atoms with Crippen LogP contribution in [-0.4, -0.2) is 31.8 Å². The quantitative estimate of drug-likeness (QED) is 0.518. The number of nitrogens with zero attached hydrogens (tertiary/aromatic N) is 2. The summed E-state index contributed by atoms with van der Waals surface area (Å²) in [5.41, 5.74) is 4.31. The molecule has 0 fully saturated rings. The molecule has 4 rings (SSSR count). The van der Waals surface area contributed by atoms with Crippen molar-refractivity contribution >= 4 is 23.7 Å². The number of carbonyl (C=O) groups excluding carboxylic acids is 2. The number of H-pyrrole nitrogens is 2. The average molecular weight is 406 g/mol. The van der Waals surface area contributed by atoms with Crippen molar-refractivity contribution in [1.29, 1.82) is 0 Å². The van der Waals surface area contributed by atoms with Crippen LogP contribution in [0.3, 0.4) is 0 Å². The lowest BCUT2D eigenvalue weighted by Crippen LogP contribution is -2.20. The second kappa shape index (κ2) is 8.14. The Hall–Kier alpha value is -3.42. The highest BCUT2D eigenvalue weighted by Gasteiger charge is 2.28. The van der Waals surface area contributed by atoms with Crippen LogP contribution in [0.25, 0.3) is 0 Å². The molecule has 0 spiro atoms. The number of aromatic nitrogens is 4. The molecule has 1 aliphatic rings. The standard InChI is InChI=1S/C22H26N6O2/c1-4-12(2)19(29)27-21-23-15-10-11-16-18(13(3)17(15)25-21)26-22(24-16)28-20(30)14-8-6-5-7-9-14/h5-9,12-13H,4,10-11H2,1-3H3,(H2,23,25,27,29)(H2,24,26,28,30)/t12-,13?/m0/s1. The van der Waals surface area contributed by atoms with E-state index in [1.54, 1.807) is 12.1 Å². The highest BCUT2D eigenvalue weighted by molar-refractivity contribution is 6.03. The van der Waals surface area contributed by atoms with Gasteiger partial charge in [-0.2, -0.15) is 0 Å². The van der Waals surface area contributed by atoms with Crippen LogP contribution >= 0.6 is 0 Å². The predicted molar refractivity (Wildman–Crippen MR) is 115 cm³/mol. The van der Waals surface area contributed by atoms with Gasteiger partial charge in [0.1, 0.15) is 0 Å². The van der Waals surface area contributed by atoms with Crippen molar-refractivity contribution in [2.75, 3.05) is 10.6 Å². The summed E-state index contributed by atoms with van der Waals surface area (Å²) >= 11 is 0. The van der Waals surface area contributed by atoms with E-state index in [2.05, 4.69) is 30.6 Å². The number of aromatic amines is 2. The zero-order valence-electron chi connectivity index (χ0n) is 17.4. The summed E-state index contributed by atoms with van der Waals surface area (Å²) in [5.74, 6) is 0.532. The third-order valence-corrected chi connectivity index (χ3v) is 5.64. The number of carbonyl (C=O) groups is 2. The van der Waals surface area contributed by atoms with Gasteiger partial charge in [0.05, 0.1) is 11.4 Å². The number of anilines is 2. The van der Waals surface area contributed by atoms with E-state index >= 15 is 0 Å². The molecule has 30 heavy (non-hydrogen) atoms. The van der Waals surface area contributed by atoms with Crippen LogP contribution in [0.1, 0.15) is 66.2 Å². The van der Waals surface area contributed by atoms with Crippen LogP contribution in [-0.2, 0) is 17.6 Å². The van der Waals surface area contributed by atoms with Gasteiger partial charge in [-0.3, -0.25) is 20.2 Å². The number of amides is 2. The Morgan fingerprint density at radius 2 is 1.60 bits per heavy atom. The van der Waals surface area contributed by atoms with Gasteiger partial charge < -0.3 is 9.97 Å². The molecule has 0 saturated heterocycles. The third-order valence-electron chi connectivity index (χ3n) is 5.64. The topological polar surface area (TPSA) is 116 Å². The van der Waals surface area contributed by atoms with Gasteiger partial charge in [0.2, 0.25) is 17.8 Å². The van der Waals surface area contributed by atoms with E-state index in [1.165, 1.54) is 0 Å².